The van der Waals surface area contributed by atoms with Crippen LogP contribution in [0.15, 0.2) is 0 Å². The molecule has 1 N–H and O–H groups in total. The monoisotopic (exact) mass is 154 g/mol. The molecule has 0 aromatic rings. The SMILES string of the molecule is C#CC(C)(C)NCCN(C)C. The lowest BCUT2D eigenvalue weighted by Crippen LogP contribution is -2.41. The molecule has 0 unspecified atom stereocenters. The first-order valence-electron chi connectivity index (χ1n) is 3.85. The second-order valence-corrected chi connectivity index (χ2v) is 3.50. The first-order chi connectivity index (χ1) is 4.98. The van der Waals surface area contributed by atoms with E-state index in [2.05, 4.69) is 16.1 Å². The van der Waals surface area contributed by atoms with Crippen LogP contribution in [0.2, 0.25) is 0 Å². The van der Waals surface area contributed by atoms with Crippen molar-refractivity contribution in [2.75, 3.05) is 27.2 Å². The fourth-order valence-electron chi connectivity index (χ4n) is 0.643. The van der Waals surface area contributed by atoms with Crippen LogP contribution in [0.1, 0.15) is 13.8 Å². The summed E-state index contributed by atoms with van der Waals surface area (Å²) in [5.41, 5.74) is -0.171. The zero-order valence-electron chi connectivity index (χ0n) is 7.94. The first kappa shape index (κ1) is 10.5. The molecule has 0 spiro atoms. The van der Waals surface area contributed by atoms with E-state index in [9.17, 15) is 0 Å². The van der Waals surface area contributed by atoms with Gasteiger partial charge in [0.2, 0.25) is 0 Å². The molecule has 0 saturated carbocycles. The summed E-state index contributed by atoms with van der Waals surface area (Å²) in [6, 6.07) is 0. The van der Waals surface area contributed by atoms with Crippen LogP contribution in [-0.2, 0) is 0 Å². The Kier molecular flexibility index (Phi) is 4.17. The van der Waals surface area contributed by atoms with Gasteiger partial charge in [-0.15, -0.1) is 6.42 Å². The lowest BCUT2D eigenvalue weighted by Gasteiger charge is -2.20. The molecular formula is C9H18N2. The van der Waals surface area contributed by atoms with Gasteiger partial charge in [-0.3, -0.25) is 0 Å². The lowest BCUT2D eigenvalue weighted by molar-refractivity contribution is 0.375. The van der Waals surface area contributed by atoms with Crippen molar-refractivity contribution in [2.24, 2.45) is 0 Å². The topological polar surface area (TPSA) is 15.3 Å². The predicted octanol–water partition coefficient (Wildman–Crippen LogP) is 0.549. The summed E-state index contributed by atoms with van der Waals surface area (Å²) < 4.78 is 0. The van der Waals surface area contributed by atoms with Crippen molar-refractivity contribution in [3.05, 3.63) is 0 Å². The molecule has 0 amide bonds. The van der Waals surface area contributed by atoms with E-state index < -0.39 is 0 Å². The van der Waals surface area contributed by atoms with Gasteiger partial charge in [-0.05, 0) is 27.9 Å². The fourth-order valence-corrected chi connectivity index (χ4v) is 0.643. The van der Waals surface area contributed by atoms with Crippen molar-refractivity contribution in [3.8, 4) is 12.3 Å². The zero-order valence-corrected chi connectivity index (χ0v) is 7.94. The normalized spacial score (nSPS) is 11.6. The smallest absolute Gasteiger partial charge is 0.0741 e. The molecule has 0 aromatic heterocycles. The number of likely N-dealkylation sites (N-methyl/N-ethyl adjacent to an activating group) is 1. The lowest BCUT2D eigenvalue weighted by atomic mass is 10.1. The zero-order chi connectivity index (χ0) is 8.91. The summed E-state index contributed by atoms with van der Waals surface area (Å²) in [6.07, 6.45) is 5.30. The number of rotatable bonds is 4. The van der Waals surface area contributed by atoms with Gasteiger partial charge in [-0.2, -0.15) is 0 Å². The predicted molar refractivity (Wildman–Crippen MR) is 49.5 cm³/mol. The molecule has 0 bridgehead atoms. The highest BCUT2D eigenvalue weighted by atomic mass is 15.1. The fraction of sp³-hybridized carbons (Fsp3) is 0.778. The Balaban J connectivity index is 3.48. The highest BCUT2D eigenvalue weighted by Crippen LogP contribution is 1.96. The number of nitrogens with zero attached hydrogens (tertiary/aromatic N) is 1. The number of hydrogen-bond donors (Lipinski definition) is 1. The van der Waals surface area contributed by atoms with Crippen LogP contribution < -0.4 is 5.32 Å². The van der Waals surface area contributed by atoms with Crippen molar-refractivity contribution in [3.63, 3.8) is 0 Å². The van der Waals surface area contributed by atoms with Gasteiger partial charge in [0, 0.05) is 13.1 Å². The molecule has 0 aliphatic heterocycles. The molecule has 2 heteroatoms. The first-order valence-corrected chi connectivity index (χ1v) is 3.85. The molecular weight excluding hydrogens is 136 g/mol. The van der Waals surface area contributed by atoms with Crippen molar-refractivity contribution in [2.45, 2.75) is 19.4 Å². The molecule has 0 heterocycles. The Morgan fingerprint density at radius 1 is 1.45 bits per heavy atom. The van der Waals surface area contributed by atoms with Crippen molar-refractivity contribution in [1.29, 1.82) is 0 Å². The van der Waals surface area contributed by atoms with Gasteiger partial charge >= 0.3 is 0 Å². The quantitative estimate of drug-likeness (QED) is 0.595. The van der Waals surface area contributed by atoms with Gasteiger partial charge in [0.05, 0.1) is 5.54 Å². The van der Waals surface area contributed by atoms with Gasteiger partial charge in [0.1, 0.15) is 0 Å². The summed E-state index contributed by atoms with van der Waals surface area (Å²) in [7, 11) is 4.09. The maximum atomic E-state index is 5.30. The van der Waals surface area contributed by atoms with Crippen molar-refractivity contribution < 1.29 is 0 Å². The van der Waals surface area contributed by atoms with Gasteiger partial charge in [-0.25, -0.2) is 0 Å². The molecule has 0 atom stereocenters. The average molecular weight is 154 g/mol. The molecule has 2 nitrogen and oxygen atoms in total. The number of terminal acetylenes is 1. The van der Waals surface area contributed by atoms with Crippen LogP contribution in [0.25, 0.3) is 0 Å². The van der Waals surface area contributed by atoms with E-state index in [1.807, 2.05) is 27.9 Å². The summed E-state index contributed by atoms with van der Waals surface area (Å²) >= 11 is 0. The van der Waals surface area contributed by atoms with E-state index in [1.165, 1.54) is 0 Å². The maximum absolute atomic E-state index is 5.30. The minimum atomic E-state index is -0.171. The molecule has 0 aromatic carbocycles. The summed E-state index contributed by atoms with van der Waals surface area (Å²) in [5.74, 6) is 2.69. The molecule has 0 aliphatic carbocycles. The van der Waals surface area contributed by atoms with E-state index in [4.69, 9.17) is 6.42 Å². The van der Waals surface area contributed by atoms with Gasteiger partial charge in [-0.1, -0.05) is 5.92 Å². The Hall–Kier alpha value is -0.520. The number of nitrogens with one attached hydrogen (secondary N) is 1. The standard InChI is InChI=1S/C9H18N2/c1-6-9(2,3)10-7-8-11(4)5/h1,10H,7-8H2,2-5H3. The second-order valence-electron chi connectivity index (χ2n) is 3.50. The highest BCUT2D eigenvalue weighted by Gasteiger charge is 2.10. The molecule has 0 radical (unpaired) electrons. The Labute approximate surface area is 70.0 Å². The van der Waals surface area contributed by atoms with Crippen LogP contribution in [0.4, 0.5) is 0 Å². The maximum Gasteiger partial charge on any atom is 0.0741 e. The third kappa shape index (κ3) is 5.90. The molecule has 0 aliphatic rings. The molecule has 11 heavy (non-hydrogen) atoms. The summed E-state index contributed by atoms with van der Waals surface area (Å²) in [6.45, 7) is 5.96. The second kappa shape index (κ2) is 4.38. The molecule has 0 fully saturated rings. The van der Waals surface area contributed by atoms with E-state index in [-0.39, 0.29) is 5.54 Å². The van der Waals surface area contributed by atoms with Gasteiger partial charge in [0.15, 0.2) is 0 Å². The largest absolute Gasteiger partial charge is 0.308 e. The highest BCUT2D eigenvalue weighted by molar-refractivity contribution is 5.07. The van der Waals surface area contributed by atoms with Crippen molar-refractivity contribution in [1.82, 2.24) is 10.2 Å². The van der Waals surface area contributed by atoms with Crippen LogP contribution in [0.3, 0.4) is 0 Å². The van der Waals surface area contributed by atoms with E-state index in [1.54, 1.807) is 0 Å². The average Bonchev–Trinajstić information content (AvgIpc) is 1.87. The molecule has 0 rings (SSSR count). The van der Waals surface area contributed by atoms with E-state index >= 15 is 0 Å². The Morgan fingerprint density at radius 2 is 2.00 bits per heavy atom. The summed E-state index contributed by atoms with van der Waals surface area (Å²) in [5, 5.41) is 3.26. The van der Waals surface area contributed by atoms with E-state index in [0.717, 1.165) is 13.1 Å². The van der Waals surface area contributed by atoms with Crippen molar-refractivity contribution >= 4 is 0 Å². The van der Waals surface area contributed by atoms with Gasteiger partial charge < -0.3 is 10.2 Å². The Bertz CT molecular complexity index is 142. The van der Waals surface area contributed by atoms with Crippen LogP contribution >= 0.6 is 0 Å². The molecule has 0 saturated heterocycles. The summed E-state index contributed by atoms with van der Waals surface area (Å²) in [4.78, 5) is 2.12. The minimum absolute atomic E-state index is 0.171. The van der Waals surface area contributed by atoms with Crippen LogP contribution in [-0.4, -0.2) is 37.6 Å². The Morgan fingerprint density at radius 3 is 2.36 bits per heavy atom. The van der Waals surface area contributed by atoms with Crippen LogP contribution in [0.5, 0.6) is 0 Å². The van der Waals surface area contributed by atoms with Gasteiger partial charge in [0.25, 0.3) is 0 Å². The third-order valence-corrected chi connectivity index (χ3v) is 1.49. The third-order valence-electron chi connectivity index (χ3n) is 1.49. The van der Waals surface area contributed by atoms with Crippen LogP contribution in [0, 0.1) is 12.3 Å². The molecule has 64 valence electrons. The number of hydrogen-bond acceptors (Lipinski definition) is 2. The minimum Gasteiger partial charge on any atom is -0.308 e. The van der Waals surface area contributed by atoms with E-state index in [0.29, 0.717) is 0 Å².